The minimum Gasteiger partial charge on any atom is -0.354 e. The number of unbranched alkanes of at least 4 members (excludes halogenated alkanes) is 2. The maximum atomic E-state index is 5.19. The zero-order chi connectivity index (χ0) is 28.2. The standard InChI is InChI=1S/C34H40Br2N4/c1-5-9-11-21(7-3)31-23-13-17-27(37-23)33(35)29-19-15-25(39-29)32(22(8-4)12-10-6-2)26-16-20-30(40-26)34(36)28-18-14-24(31)38-28/h13-22,37,40H,5-12H2,1-4H3. The van der Waals surface area contributed by atoms with Gasteiger partial charge in [0.15, 0.2) is 0 Å². The summed E-state index contributed by atoms with van der Waals surface area (Å²) in [6.45, 7) is 9.11. The summed E-state index contributed by atoms with van der Waals surface area (Å²) >= 11 is 7.82. The monoisotopic (exact) mass is 662 g/mol. The molecule has 6 heteroatoms. The van der Waals surface area contributed by atoms with Crippen molar-refractivity contribution in [3.8, 4) is 0 Å². The highest BCUT2D eigenvalue weighted by atomic mass is 79.9. The van der Waals surface area contributed by atoms with E-state index in [2.05, 4.69) is 118 Å². The van der Waals surface area contributed by atoms with Crippen LogP contribution in [0.3, 0.4) is 0 Å². The molecule has 4 nitrogen and oxygen atoms in total. The van der Waals surface area contributed by atoms with Crippen molar-refractivity contribution >= 4 is 78.2 Å². The zero-order valence-electron chi connectivity index (χ0n) is 24.1. The Kier molecular flexibility index (Phi) is 9.47. The Hall–Kier alpha value is -2.44. The van der Waals surface area contributed by atoms with E-state index in [1.165, 1.54) is 36.8 Å². The Balaban J connectivity index is 1.87. The Morgan fingerprint density at radius 3 is 1.32 bits per heavy atom. The zero-order valence-corrected chi connectivity index (χ0v) is 27.3. The first-order valence-electron chi connectivity index (χ1n) is 15.0. The van der Waals surface area contributed by atoms with Crippen LogP contribution in [0.2, 0.25) is 0 Å². The van der Waals surface area contributed by atoms with Gasteiger partial charge >= 0.3 is 0 Å². The fourth-order valence-corrected chi connectivity index (χ4v) is 6.95. The van der Waals surface area contributed by atoms with Crippen LogP contribution in [0.15, 0.2) is 33.2 Å². The van der Waals surface area contributed by atoms with Gasteiger partial charge in [0.25, 0.3) is 0 Å². The lowest BCUT2D eigenvalue weighted by Crippen LogP contribution is -2.01. The Morgan fingerprint density at radius 2 is 0.950 bits per heavy atom. The topological polar surface area (TPSA) is 57.4 Å². The van der Waals surface area contributed by atoms with E-state index in [-0.39, 0.29) is 0 Å². The molecule has 0 fully saturated rings. The first kappa shape index (κ1) is 29.1. The number of nitrogens with zero attached hydrogens (tertiary/aromatic N) is 2. The number of fused-ring (bicyclic) bond motifs is 8. The summed E-state index contributed by atoms with van der Waals surface area (Å²) in [5.74, 6) is 0.857. The summed E-state index contributed by atoms with van der Waals surface area (Å²) in [7, 11) is 0. The predicted molar refractivity (Wildman–Crippen MR) is 179 cm³/mol. The molecule has 0 radical (unpaired) electrons. The molecule has 2 aliphatic rings. The van der Waals surface area contributed by atoms with Crippen LogP contribution in [0, 0.1) is 0 Å². The van der Waals surface area contributed by atoms with Crippen molar-refractivity contribution < 1.29 is 0 Å². The third kappa shape index (κ3) is 5.80. The summed E-state index contributed by atoms with van der Waals surface area (Å²) in [5, 5.41) is 0. The molecule has 210 valence electrons. The Bertz CT molecular complexity index is 1470. The number of rotatable bonds is 10. The summed E-state index contributed by atoms with van der Waals surface area (Å²) in [6.07, 6.45) is 17.9. The predicted octanol–water partition coefficient (Wildman–Crippen LogP) is 11.5. The molecule has 5 heterocycles. The van der Waals surface area contributed by atoms with Crippen molar-refractivity contribution in [2.24, 2.45) is 0 Å². The molecule has 8 bridgehead atoms. The molecule has 3 aromatic rings. The van der Waals surface area contributed by atoms with Gasteiger partial charge in [-0.05, 0) is 118 Å². The highest BCUT2D eigenvalue weighted by Gasteiger charge is 2.21. The van der Waals surface area contributed by atoms with Crippen LogP contribution in [0.5, 0.6) is 0 Å². The summed E-state index contributed by atoms with van der Waals surface area (Å²) in [5.41, 5.74) is 10.9. The molecule has 0 saturated heterocycles. The number of halogens is 2. The fraction of sp³-hybridized carbons (Fsp3) is 0.412. The summed E-state index contributed by atoms with van der Waals surface area (Å²) in [4.78, 5) is 17.9. The molecule has 2 aliphatic heterocycles. The lowest BCUT2D eigenvalue weighted by atomic mass is 9.90. The van der Waals surface area contributed by atoms with E-state index in [9.17, 15) is 0 Å². The van der Waals surface area contributed by atoms with Gasteiger partial charge in [-0.25, -0.2) is 9.97 Å². The SMILES string of the molecule is CCCCC(CC)c1c2nc(c(Br)c3ccc([nH]3)c(C(CC)CCCC)c3nc(c(Br)c4ccc1[nH]4)C=C3)C=C2. The highest BCUT2D eigenvalue weighted by Crippen LogP contribution is 2.37. The lowest BCUT2D eigenvalue weighted by Gasteiger charge is -2.16. The highest BCUT2D eigenvalue weighted by molar-refractivity contribution is 9.11. The van der Waals surface area contributed by atoms with Crippen molar-refractivity contribution in [2.75, 3.05) is 0 Å². The second-order valence-electron chi connectivity index (χ2n) is 11.0. The molecule has 0 saturated carbocycles. The van der Waals surface area contributed by atoms with E-state index in [4.69, 9.17) is 9.97 Å². The first-order valence-corrected chi connectivity index (χ1v) is 16.5. The molecule has 2 unspecified atom stereocenters. The molecule has 0 amide bonds. The number of aromatic amines is 2. The van der Waals surface area contributed by atoms with Gasteiger partial charge in [0, 0.05) is 22.2 Å². The molecule has 0 aliphatic carbocycles. The Morgan fingerprint density at radius 1 is 0.575 bits per heavy atom. The average molecular weight is 665 g/mol. The molecule has 0 aromatic carbocycles. The van der Waals surface area contributed by atoms with Gasteiger partial charge in [-0.1, -0.05) is 53.4 Å². The van der Waals surface area contributed by atoms with Crippen LogP contribution >= 0.6 is 31.9 Å². The molecule has 40 heavy (non-hydrogen) atoms. The molecule has 5 rings (SSSR count). The van der Waals surface area contributed by atoms with Crippen molar-refractivity contribution in [3.63, 3.8) is 0 Å². The van der Waals surface area contributed by atoms with Gasteiger partial charge in [-0.2, -0.15) is 0 Å². The van der Waals surface area contributed by atoms with Crippen LogP contribution in [-0.2, 0) is 0 Å². The molecular weight excluding hydrogens is 624 g/mol. The van der Waals surface area contributed by atoms with E-state index in [0.717, 1.165) is 79.5 Å². The van der Waals surface area contributed by atoms with Gasteiger partial charge in [-0.15, -0.1) is 0 Å². The number of nitrogens with one attached hydrogen (secondary N) is 2. The molecule has 0 spiro atoms. The molecule has 2 N–H and O–H groups in total. The second-order valence-corrected chi connectivity index (χ2v) is 12.5. The quantitative estimate of drug-likeness (QED) is 0.156. The maximum absolute atomic E-state index is 5.19. The van der Waals surface area contributed by atoms with Crippen LogP contribution in [-0.4, -0.2) is 19.9 Å². The number of hydrogen-bond donors (Lipinski definition) is 2. The second kappa shape index (κ2) is 13.0. The van der Waals surface area contributed by atoms with Crippen LogP contribution in [0.4, 0.5) is 0 Å². The molecule has 3 aromatic heterocycles. The van der Waals surface area contributed by atoms with Gasteiger partial charge in [-0.3, -0.25) is 0 Å². The average Bonchev–Trinajstić information content (AvgIpc) is 3.79. The summed E-state index contributed by atoms with van der Waals surface area (Å²) < 4.78 is 1.97. The largest absolute Gasteiger partial charge is 0.354 e. The first-order chi connectivity index (χ1) is 19.5. The van der Waals surface area contributed by atoms with Crippen molar-refractivity contribution in [2.45, 2.75) is 90.9 Å². The maximum Gasteiger partial charge on any atom is 0.0800 e. The van der Waals surface area contributed by atoms with Crippen LogP contribution in [0.25, 0.3) is 46.4 Å². The third-order valence-corrected chi connectivity index (χ3v) is 9.99. The van der Waals surface area contributed by atoms with Crippen LogP contribution < -0.4 is 0 Å². The van der Waals surface area contributed by atoms with Crippen molar-refractivity contribution in [3.05, 3.63) is 67.1 Å². The minimum atomic E-state index is 0.428. The van der Waals surface area contributed by atoms with E-state index in [0.29, 0.717) is 11.8 Å². The van der Waals surface area contributed by atoms with E-state index in [1.807, 2.05) is 0 Å². The van der Waals surface area contributed by atoms with Gasteiger partial charge in [0.1, 0.15) is 0 Å². The van der Waals surface area contributed by atoms with Gasteiger partial charge < -0.3 is 9.97 Å². The number of H-pyrrole nitrogens is 2. The van der Waals surface area contributed by atoms with E-state index in [1.54, 1.807) is 0 Å². The third-order valence-electron chi connectivity index (χ3n) is 8.32. The Labute approximate surface area is 255 Å². The number of hydrogen-bond acceptors (Lipinski definition) is 2. The van der Waals surface area contributed by atoms with Crippen LogP contribution in [0.1, 0.15) is 125 Å². The van der Waals surface area contributed by atoms with E-state index < -0.39 is 0 Å². The lowest BCUT2D eigenvalue weighted by molar-refractivity contribution is 0.570. The van der Waals surface area contributed by atoms with Gasteiger partial charge in [0.05, 0.1) is 42.8 Å². The molecular formula is C34H40Br2N4. The normalized spacial score (nSPS) is 14.2. The smallest absolute Gasteiger partial charge is 0.0800 e. The van der Waals surface area contributed by atoms with E-state index >= 15 is 0 Å². The fourth-order valence-electron chi connectivity index (χ4n) is 6.05. The minimum absolute atomic E-state index is 0.428. The molecule has 2 atom stereocenters. The van der Waals surface area contributed by atoms with Gasteiger partial charge in [0.2, 0.25) is 0 Å². The van der Waals surface area contributed by atoms with Crippen molar-refractivity contribution in [1.29, 1.82) is 0 Å². The summed E-state index contributed by atoms with van der Waals surface area (Å²) in [6, 6.07) is 8.76. The number of aromatic nitrogens is 4. The van der Waals surface area contributed by atoms with Crippen molar-refractivity contribution in [1.82, 2.24) is 19.9 Å².